The molecule has 6 heteroatoms. The first-order valence-electron chi connectivity index (χ1n) is 10.8. The lowest BCUT2D eigenvalue weighted by Crippen LogP contribution is -2.34. The van der Waals surface area contributed by atoms with Gasteiger partial charge in [-0.25, -0.2) is 9.18 Å². The van der Waals surface area contributed by atoms with E-state index in [4.69, 9.17) is 0 Å². The van der Waals surface area contributed by atoms with Crippen molar-refractivity contribution < 1.29 is 14.3 Å². The van der Waals surface area contributed by atoms with Gasteiger partial charge in [0.2, 0.25) is 0 Å². The molecule has 0 aliphatic carbocycles. The molecule has 0 saturated heterocycles. The fraction of sp³-hybridized carbons (Fsp3) is 0.185. The number of aryl methyl sites for hydroxylation is 1. The average molecular weight is 461 g/mol. The summed E-state index contributed by atoms with van der Waals surface area (Å²) in [6.45, 7) is 0.607. The molecule has 0 amide bonds. The summed E-state index contributed by atoms with van der Waals surface area (Å²) in [7, 11) is 0. The Labute approximate surface area is 197 Å². The summed E-state index contributed by atoms with van der Waals surface area (Å²) in [6, 6.07) is 18.8. The average Bonchev–Trinajstić information content (AvgIpc) is 2.84. The van der Waals surface area contributed by atoms with Crippen molar-refractivity contribution in [3.8, 4) is 11.1 Å². The van der Waals surface area contributed by atoms with Crippen LogP contribution < -0.4 is 0 Å². The van der Waals surface area contributed by atoms with E-state index in [0.29, 0.717) is 12.1 Å². The third kappa shape index (κ3) is 6.11. The van der Waals surface area contributed by atoms with Gasteiger partial charge in [0.1, 0.15) is 11.2 Å². The lowest BCUT2D eigenvalue weighted by Gasteiger charge is -2.33. The van der Waals surface area contributed by atoms with E-state index >= 15 is 0 Å². The number of allylic oxidation sites excluding steroid dienone is 2. The van der Waals surface area contributed by atoms with E-state index in [1.54, 1.807) is 48.4 Å². The number of benzene rings is 2. The minimum absolute atomic E-state index is 0.234. The van der Waals surface area contributed by atoms with E-state index in [1.807, 2.05) is 24.4 Å². The molecular weight excluding hydrogens is 435 g/mol. The predicted molar refractivity (Wildman–Crippen MR) is 131 cm³/mol. The number of carboxylic acids is 1. The van der Waals surface area contributed by atoms with Crippen LogP contribution in [0.25, 0.3) is 11.1 Å². The van der Waals surface area contributed by atoms with Crippen LogP contribution in [-0.4, -0.2) is 32.1 Å². The second kappa shape index (κ2) is 11.0. The fourth-order valence-electron chi connectivity index (χ4n) is 3.82. The Balaban J connectivity index is 1.43. The molecule has 1 aliphatic rings. The number of carbonyl (C=O) groups is 1. The Bertz CT molecular complexity index is 1150. The number of aliphatic carboxylic acids is 1. The molecule has 3 aromatic rings. The van der Waals surface area contributed by atoms with Gasteiger partial charge in [0, 0.05) is 25.1 Å². The monoisotopic (exact) mass is 460 g/mol. The van der Waals surface area contributed by atoms with Gasteiger partial charge in [-0.2, -0.15) is 0 Å². The number of thioether (sulfide) groups is 1. The van der Waals surface area contributed by atoms with Crippen LogP contribution in [0.3, 0.4) is 0 Å². The quantitative estimate of drug-likeness (QED) is 0.402. The van der Waals surface area contributed by atoms with Crippen LogP contribution in [0.1, 0.15) is 17.5 Å². The van der Waals surface area contributed by atoms with Crippen LogP contribution in [0, 0.1) is 5.82 Å². The molecule has 0 spiro atoms. The highest BCUT2D eigenvalue weighted by Crippen LogP contribution is 2.30. The first kappa shape index (κ1) is 22.8. The third-order valence-electron chi connectivity index (χ3n) is 5.47. The number of nitrogens with zero attached hydrogens (tertiary/aromatic N) is 2. The standard InChI is InChI=1S/C27H25FN2O2S/c28-24-10-8-20(9-11-24)5-3-17-33-26-25(27(31)32)7-2-16-30(26)19-21-4-1-6-23(18-21)22-12-14-29-15-13-22/h1-2,4,6-16,18,26H,3,5,17,19H2,(H,31,32). The van der Waals surface area contributed by atoms with E-state index in [-0.39, 0.29) is 11.2 Å². The van der Waals surface area contributed by atoms with Gasteiger partial charge in [-0.3, -0.25) is 4.98 Å². The highest BCUT2D eigenvalue weighted by Gasteiger charge is 2.27. The van der Waals surface area contributed by atoms with Crippen molar-refractivity contribution in [2.75, 3.05) is 5.75 Å². The zero-order chi connectivity index (χ0) is 23.0. The van der Waals surface area contributed by atoms with Gasteiger partial charge in [0.25, 0.3) is 0 Å². The maximum atomic E-state index is 13.1. The summed E-state index contributed by atoms with van der Waals surface area (Å²) < 4.78 is 13.1. The minimum atomic E-state index is -0.897. The SMILES string of the molecule is O=C(O)C1=CC=CN(Cc2cccc(-c3ccncc3)c2)C1SCCCc1ccc(F)cc1. The van der Waals surface area contributed by atoms with E-state index in [9.17, 15) is 14.3 Å². The number of hydrogen-bond acceptors (Lipinski definition) is 4. The second-order valence-corrected chi connectivity index (χ2v) is 9.02. The van der Waals surface area contributed by atoms with E-state index in [2.05, 4.69) is 28.1 Å². The normalized spacial score (nSPS) is 15.4. The van der Waals surface area contributed by atoms with Crippen molar-refractivity contribution in [2.24, 2.45) is 0 Å². The molecule has 1 unspecified atom stereocenters. The van der Waals surface area contributed by atoms with Crippen LogP contribution >= 0.6 is 11.8 Å². The molecule has 33 heavy (non-hydrogen) atoms. The topological polar surface area (TPSA) is 53.4 Å². The molecule has 1 aliphatic heterocycles. The maximum Gasteiger partial charge on any atom is 0.334 e. The fourth-order valence-corrected chi connectivity index (χ4v) is 5.05. The molecule has 0 radical (unpaired) electrons. The molecule has 1 N–H and O–H groups in total. The minimum Gasteiger partial charge on any atom is -0.478 e. The summed E-state index contributed by atoms with van der Waals surface area (Å²) >= 11 is 1.63. The molecule has 168 valence electrons. The smallest absolute Gasteiger partial charge is 0.334 e. The van der Waals surface area contributed by atoms with E-state index in [0.717, 1.165) is 40.8 Å². The van der Waals surface area contributed by atoms with Crippen LogP contribution in [0.2, 0.25) is 0 Å². The van der Waals surface area contributed by atoms with Gasteiger partial charge in [-0.05, 0) is 83.3 Å². The number of hydrogen-bond donors (Lipinski definition) is 1. The van der Waals surface area contributed by atoms with Gasteiger partial charge in [-0.15, -0.1) is 11.8 Å². The Morgan fingerprint density at radius 1 is 1.03 bits per heavy atom. The van der Waals surface area contributed by atoms with E-state index < -0.39 is 5.97 Å². The van der Waals surface area contributed by atoms with Crippen molar-refractivity contribution >= 4 is 17.7 Å². The van der Waals surface area contributed by atoms with Crippen molar-refractivity contribution in [2.45, 2.75) is 24.8 Å². The van der Waals surface area contributed by atoms with E-state index in [1.165, 1.54) is 12.1 Å². The summed E-state index contributed by atoms with van der Waals surface area (Å²) in [5, 5.41) is 9.49. The Morgan fingerprint density at radius 3 is 2.58 bits per heavy atom. The maximum absolute atomic E-state index is 13.1. The molecule has 0 fully saturated rings. The van der Waals surface area contributed by atoms with Crippen molar-refractivity contribution in [3.05, 3.63) is 114 Å². The molecule has 1 atom stereocenters. The lowest BCUT2D eigenvalue weighted by atomic mass is 10.0. The number of pyridine rings is 1. The molecule has 4 rings (SSSR count). The molecule has 0 saturated carbocycles. The molecule has 1 aromatic heterocycles. The van der Waals surface area contributed by atoms with Gasteiger partial charge < -0.3 is 10.0 Å². The Morgan fingerprint density at radius 2 is 1.82 bits per heavy atom. The third-order valence-corrected chi connectivity index (χ3v) is 6.84. The van der Waals surface area contributed by atoms with Crippen LogP contribution in [0.4, 0.5) is 4.39 Å². The summed E-state index contributed by atoms with van der Waals surface area (Å²) in [5.74, 6) is -0.332. The first-order chi connectivity index (χ1) is 16.1. The summed E-state index contributed by atoms with van der Waals surface area (Å²) in [6.07, 6.45) is 10.7. The zero-order valence-corrected chi connectivity index (χ0v) is 18.9. The Hall–Kier alpha value is -3.38. The van der Waals surface area contributed by atoms with Crippen LogP contribution in [-0.2, 0) is 17.8 Å². The molecular formula is C27H25FN2O2S. The highest BCUT2D eigenvalue weighted by molar-refractivity contribution is 8.00. The molecule has 4 nitrogen and oxygen atoms in total. The van der Waals surface area contributed by atoms with Crippen LogP contribution in [0.15, 0.2) is 97.0 Å². The number of carboxylic acid groups (broad SMARTS) is 1. The van der Waals surface area contributed by atoms with Crippen molar-refractivity contribution in [1.82, 2.24) is 9.88 Å². The number of rotatable bonds is 9. The molecule has 0 bridgehead atoms. The molecule has 2 heterocycles. The predicted octanol–water partition coefficient (Wildman–Crippen LogP) is 5.92. The van der Waals surface area contributed by atoms with Gasteiger partial charge >= 0.3 is 5.97 Å². The summed E-state index contributed by atoms with van der Waals surface area (Å²) in [4.78, 5) is 18.1. The largest absolute Gasteiger partial charge is 0.478 e. The van der Waals surface area contributed by atoms with Crippen LogP contribution in [0.5, 0.6) is 0 Å². The lowest BCUT2D eigenvalue weighted by molar-refractivity contribution is -0.133. The van der Waals surface area contributed by atoms with Gasteiger partial charge in [0.05, 0.1) is 5.57 Å². The van der Waals surface area contributed by atoms with Gasteiger partial charge in [-0.1, -0.05) is 30.3 Å². The Kier molecular flexibility index (Phi) is 7.58. The highest BCUT2D eigenvalue weighted by atomic mass is 32.2. The number of halogens is 1. The second-order valence-electron chi connectivity index (χ2n) is 7.83. The zero-order valence-electron chi connectivity index (χ0n) is 18.1. The van der Waals surface area contributed by atoms with Gasteiger partial charge in [0.15, 0.2) is 0 Å². The summed E-state index contributed by atoms with van der Waals surface area (Å²) in [5.41, 5.74) is 4.78. The first-order valence-corrected chi connectivity index (χ1v) is 11.9. The van der Waals surface area contributed by atoms with Crippen molar-refractivity contribution in [1.29, 1.82) is 0 Å². The molecule has 2 aromatic carbocycles. The number of aromatic nitrogens is 1. The van der Waals surface area contributed by atoms with Crippen molar-refractivity contribution in [3.63, 3.8) is 0 Å².